The van der Waals surface area contributed by atoms with Crippen molar-refractivity contribution < 1.29 is 29.3 Å². The number of carboxylic acid groups (broad SMARTS) is 1. The monoisotopic (exact) mass is 420 g/mol. The lowest BCUT2D eigenvalue weighted by molar-refractivity contribution is -0.134. The van der Waals surface area contributed by atoms with E-state index < -0.39 is 12.1 Å². The highest BCUT2D eigenvalue weighted by molar-refractivity contribution is 5.76. The minimum absolute atomic E-state index is 0.0748. The van der Waals surface area contributed by atoms with Crippen LogP contribution < -0.4 is 5.32 Å². The highest BCUT2D eigenvalue weighted by Gasteiger charge is 2.47. The molecule has 3 heterocycles. The summed E-state index contributed by atoms with van der Waals surface area (Å²) in [5, 5.41) is 20.2. The van der Waals surface area contributed by atoms with E-state index in [4.69, 9.17) is 19.4 Å². The second kappa shape index (κ2) is 10.9. The molecule has 4 atom stereocenters. The molecule has 166 valence electrons. The summed E-state index contributed by atoms with van der Waals surface area (Å²) in [5.41, 5.74) is 1.35. The molecule has 1 amide bonds. The van der Waals surface area contributed by atoms with Crippen LogP contribution >= 0.6 is 0 Å². The van der Waals surface area contributed by atoms with Gasteiger partial charge in [-0.1, -0.05) is 30.3 Å². The van der Waals surface area contributed by atoms with Gasteiger partial charge in [0.1, 0.15) is 18.3 Å². The van der Waals surface area contributed by atoms with E-state index in [2.05, 4.69) is 34.5 Å². The highest BCUT2D eigenvalue weighted by atomic mass is 16.6. The van der Waals surface area contributed by atoms with Gasteiger partial charge < -0.3 is 25.0 Å². The molecule has 0 aliphatic carbocycles. The van der Waals surface area contributed by atoms with Gasteiger partial charge in [0.25, 0.3) is 5.97 Å². The van der Waals surface area contributed by atoms with Crippen LogP contribution in [0.1, 0.15) is 31.7 Å². The summed E-state index contributed by atoms with van der Waals surface area (Å²) in [6.07, 6.45) is 1.61. The normalized spacial score (nSPS) is 29.0. The van der Waals surface area contributed by atoms with Crippen molar-refractivity contribution in [2.45, 2.75) is 57.1 Å². The van der Waals surface area contributed by atoms with Gasteiger partial charge in [0.2, 0.25) is 5.91 Å². The minimum Gasteiger partial charge on any atom is -0.481 e. The van der Waals surface area contributed by atoms with Gasteiger partial charge in [0.15, 0.2) is 0 Å². The van der Waals surface area contributed by atoms with E-state index in [-0.39, 0.29) is 24.2 Å². The molecule has 0 unspecified atom stereocenters. The summed E-state index contributed by atoms with van der Waals surface area (Å²) in [6.45, 7) is 4.87. The van der Waals surface area contributed by atoms with Crippen LogP contribution in [0.2, 0.25) is 0 Å². The number of likely N-dealkylation sites (tertiary alicyclic amines) is 1. The standard InChI is InChI=1S/C20H28N2O4.C2H4O2/c23-17-13-26-19-16(12-25-20(17)19)21-18(24)10-14-6-8-22(9-7-14)11-15-4-2-1-3-5-15;1-2(3)4/h1-5,14,16-17,19-20,23H,6-13H2,(H,21,24);1H3,(H,3,4)/t16-,17-,19+,20+;/m0./s1. The summed E-state index contributed by atoms with van der Waals surface area (Å²) in [7, 11) is 0. The molecule has 0 radical (unpaired) electrons. The van der Waals surface area contributed by atoms with E-state index in [0.29, 0.717) is 25.6 Å². The van der Waals surface area contributed by atoms with Crippen molar-refractivity contribution in [2.75, 3.05) is 26.3 Å². The van der Waals surface area contributed by atoms with Crippen molar-refractivity contribution >= 4 is 11.9 Å². The third kappa shape index (κ3) is 6.50. The number of aliphatic carboxylic acids is 1. The summed E-state index contributed by atoms with van der Waals surface area (Å²) in [5.74, 6) is -0.319. The lowest BCUT2D eigenvalue weighted by Crippen LogP contribution is -2.45. The minimum atomic E-state index is -0.833. The molecule has 30 heavy (non-hydrogen) atoms. The fourth-order valence-corrected chi connectivity index (χ4v) is 4.32. The topological polar surface area (TPSA) is 108 Å². The maximum Gasteiger partial charge on any atom is 0.300 e. The Bertz CT molecular complexity index is 688. The van der Waals surface area contributed by atoms with Gasteiger partial charge in [0, 0.05) is 19.9 Å². The number of piperidine rings is 1. The summed E-state index contributed by atoms with van der Waals surface area (Å²) >= 11 is 0. The fraction of sp³-hybridized carbons (Fsp3) is 0.636. The third-order valence-corrected chi connectivity index (χ3v) is 5.80. The first kappa shape index (κ1) is 22.7. The van der Waals surface area contributed by atoms with E-state index >= 15 is 0 Å². The van der Waals surface area contributed by atoms with Crippen LogP contribution in [-0.4, -0.2) is 77.6 Å². The van der Waals surface area contributed by atoms with Crippen LogP contribution in [0.5, 0.6) is 0 Å². The van der Waals surface area contributed by atoms with Crippen LogP contribution in [-0.2, 0) is 25.6 Å². The van der Waals surface area contributed by atoms with Crippen LogP contribution in [0, 0.1) is 5.92 Å². The predicted molar refractivity (Wildman–Crippen MR) is 110 cm³/mol. The summed E-state index contributed by atoms with van der Waals surface area (Å²) < 4.78 is 11.1. The molecule has 0 aromatic heterocycles. The molecular weight excluding hydrogens is 388 g/mol. The van der Waals surface area contributed by atoms with Crippen molar-refractivity contribution in [1.29, 1.82) is 0 Å². The number of nitrogens with zero attached hydrogens (tertiary/aromatic N) is 1. The average Bonchev–Trinajstić information content (AvgIpc) is 3.27. The number of hydrogen-bond acceptors (Lipinski definition) is 6. The molecule has 1 aromatic rings. The number of rotatable bonds is 5. The quantitative estimate of drug-likeness (QED) is 0.653. The molecule has 3 aliphatic heterocycles. The van der Waals surface area contributed by atoms with E-state index in [9.17, 15) is 9.90 Å². The van der Waals surface area contributed by atoms with Gasteiger partial charge in [-0.3, -0.25) is 14.5 Å². The molecule has 0 spiro atoms. The Labute approximate surface area is 177 Å². The van der Waals surface area contributed by atoms with Crippen molar-refractivity contribution in [3.8, 4) is 0 Å². The number of amides is 1. The van der Waals surface area contributed by atoms with Gasteiger partial charge >= 0.3 is 0 Å². The molecule has 3 fully saturated rings. The van der Waals surface area contributed by atoms with Gasteiger partial charge in [-0.15, -0.1) is 0 Å². The fourth-order valence-electron chi connectivity index (χ4n) is 4.32. The Balaban J connectivity index is 0.000000589. The van der Waals surface area contributed by atoms with Crippen LogP contribution in [0.15, 0.2) is 30.3 Å². The number of carboxylic acids is 1. The van der Waals surface area contributed by atoms with Gasteiger partial charge in [-0.2, -0.15) is 0 Å². The second-order valence-electron chi connectivity index (χ2n) is 8.27. The summed E-state index contributed by atoms with van der Waals surface area (Å²) in [6, 6.07) is 10.4. The maximum atomic E-state index is 12.4. The van der Waals surface area contributed by atoms with E-state index in [1.54, 1.807) is 0 Å². The predicted octanol–water partition coefficient (Wildman–Crippen LogP) is 1.02. The van der Waals surface area contributed by atoms with Crippen molar-refractivity contribution in [3.63, 3.8) is 0 Å². The lowest BCUT2D eigenvalue weighted by Gasteiger charge is -2.32. The Kier molecular flexibility index (Phi) is 8.21. The van der Waals surface area contributed by atoms with Crippen LogP contribution in [0.25, 0.3) is 0 Å². The maximum absolute atomic E-state index is 12.4. The Morgan fingerprint density at radius 1 is 1.10 bits per heavy atom. The number of carbonyl (C=O) groups excluding carboxylic acids is 1. The van der Waals surface area contributed by atoms with Crippen LogP contribution in [0.3, 0.4) is 0 Å². The molecule has 0 bridgehead atoms. The number of ether oxygens (including phenoxy) is 2. The Morgan fingerprint density at radius 3 is 2.40 bits per heavy atom. The zero-order valence-corrected chi connectivity index (χ0v) is 17.4. The van der Waals surface area contributed by atoms with Gasteiger partial charge in [0.05, 0.1) is 19.3 Å². The van der Waals surface area contributed by atoms with E-state index in [1.165, 1.54) is 5.56 Å². The average molecular weight is 421 g/mol. The number of aliphatic hydroxyl groups excluding tert-OH is 1. The zero-order chi connectivity index (χ0) is 21.5. The summed E-state index contributed by atoms with van der Waals surface area (Å²) in [4.78, 5) is 23.9. The van der Waals surface area contributed by atoms with Crippen molar-refractivity contribution in [3.05, 3.63) is 35.9 Å². The Morgan fingerprint density at radius 2 is 1.73 bits per heavy atom. The number of aliphatic hydroxyl groups is 1. The molecule has 3 saturated heterocycles. The molecule has 8 nitrogen and oxygen atoms in total. The highest BCUT2D eigenvalue weighted by Crippen LogP contribution is 2.27. The number of nitrogens with one attached hydrogen (secondary N) is 1. The first-order chi connectivity index (χ1) is 14.4. The van der Waals surface area contributed by atoms with Crippen molar-refractivity contribution in [1.82, 2.24) is 10.2 Å². The number of carbonyl (C=O) groups is 2. The Hall–Kier alpha value is -2.00. The molecule has 0 saturated carbocycles. The van der Waals surface area contributed by atoms with E-state index in [1.807, 2.05) is 6.07 Å². The third-order valence-electron chi connectivity index (χ3n) is 5.80. The SMILES string of the molecule is CC(=O)O.O=C(CC1CCN(Cc2ccccc2)CC1)N[C@H]1CO[C@H]2[C@@H]1OC[C@@H]2O. The molecular formula is C22H32N2O6. The largest absolute Gasteiger partial charge is 0.481 e. The first-order valence-electron chi connectivity index (χ1n) is 10.6. The molecule has 1 aromatic carbocycles. The van der Waals surface area contributed by atoms with Gasteiger partial charge in [-0.05, 0) is 37.4 Å². The molecule has 3 N–H and O–H groups in total. The number of fused-ring (bicyclic) bond motifs is 1. The van der Waals surface area contributed by atoms with Crippen molar-refractivity contribution in [2.24, 2.45) is 5.92 Å². The van der Waals surface area contributed by atoms with Gasteiger partial charge in [-0.25, -0.2) is 0 Å². The van der Waals surface area contributed by atoms with Crippen LogP contribution in [0.4, 0.5) is 0 Å². The number of hydrogen-bond donors (Lipinski definition) is 3. The molecule has 8 heteroatoms. The van der Waals surface area contributed by atoms with E-state index in [0.717, 1.165) is 39.4 Å². The molecule has 4 rings (SSSR count). The first-order valence-corrected chi connectivity index (χ1v) is 10.6. The lowest BCUT2D eigenvalue weighted by atomic mass is 9.92. The number of benzene rings is 1. The second-order valence-corrected chi connectivity index (χ2v) is 8.27. The smallest absolute Gasteiger partial charge is 0.300 e. The zero-order valence-electron chi connectivity index (χ0n) is 17.4. The molecule has 3 aliphatic rings.